The molecule has 4 rings (SSSR count). The molecule has 0 saturated carbocycles. The molecule has 4 aromatic rings. The fourth-order valence-corrected chi connectivity index (χ4v) is 4.94. The molecule has 0 aliphatic heterocycles. The number of rotatable bonds is 12. The Morgan fingerprint density at radius 1 is 1.05 bits per heavy atom. The van der Waals surface area contributed by atoms with Crippen LogP contribution in [-0.2, 0) is 0 Å². The number of aromatic nitrogens is 2. The first-order valence-corrected chi connectivity index (χ1v) is 13.2. The number of methoxy groups -OCH3 is 1. The summed E-state index contributed by atoms with van der Waals surface area (Å²) in [5.41, 5.74) is 1.85. The summed E-state index contributed by atoms with van der Waals surface area (Å²) in [6.07, 6.45) is 5.02. The van der Waals surface area contributed by atoms with Crippen molar-refractivity contribution in [3.8, 4) is 34.3 Å². The number of carbonyl (C=O) groups excluding carboxylic acids is 1. The smallest absolute Gasteiger partial charge is 0.311 e. The van der Waals surface area contributed by atoms with E-state index in [-0.39, 0.29) is 17.2 Å². The molecule has 39 heavy (non-hydrogen) atoms. The number of aryl methyl sites for hydroxylation is 1. The average Bonchev–Trinajstić information content (AvgIpc) is 3.44. The summed E-state index contributed by atoms with van der Waals surface area (Å²) in [7, 11) is 1.38. The van der Waals surface area contributed by atoms with Crippen LogP contribution in [0.5, 0.6) is 23.0 Å². The highest BCUT2D eigenvalue weighted by atomic mass is 32.1. The number of ether oxygens (including phenoxy) is 4. The summed E-state index contributed by atoms with van der Waals surface area (Å²) in [4.78, 5) is 30.9. The van der Waals surface area contributed by atoms with Crippen molar-refractivity contribution in [2.75, 3.05) is 26.9 Å². The number of benzene rings is 2. The number of nitrogens with zero attached hydrogens (tertiary/aromatic N) is 3. The van der Waals surface area contributed by atoms with Gasteiger partial charge in [0.15, 0.2) is 28.0 Å². The van der Waals surface area contributed by atoms with Gasteiger partial charge in [-0.25, -0.2) is 4.98 Å². The summed E-state index contributed by atoms with van der Waals surface area (Å²) in [5, 5.41) is 11.6. The lowest BCUT2D eigenvalue weighted by Crippen LogP contribution is -2.05. The molecule has 0 spiro atoms. The minimum atomic E-state index is -0.498. The van der Waals surface area contributed by atoms with Crippen molar-refractivity contribution in [2.24, 2.45) is 0 Å². The molecular formula is C28H29N3O7S. The third-order valence-corrected chi connectivity index (χ3v) is 6.61. The molecule has 0 radical (unpaired) electrons. The maximum absolute atomic E-state index is 13.4. The molecule has 0 fully saturated rings. The molecule has 0 aliphatic carbocycles. The predicted octanol–water partition coefficient (Wildman–Crippen LogP) is 6.38. The zero-order valence-electron chi connectivity index (χ0n) is 22.3. The Morgan fingerprint density at radius 3 is 2.31 bits per heavy atom. The van der Waals surface area contributed by atoms with Crippen molar-refractivity contribution >= 4 is 33.8 Å². The van der Waals surface area contributed by atoms with E-state index in [4.69, 9.17) is 23.9 Å². The van der Waals surface area contributed by atoms with E-state index in [2.05, 4.69) is 0 Å². The fourth-order valence-electron chi connectivity index (χ4n) is 4.11. The van der Waals surface area contributed by atoms with Gasteiger partial charge in [-0.1, -0.05) is 0 Å². The number of fused-ring (bicyclic) bond motifs is 1. The second-order valence-corrected chi connectivity index (χ2v) is 9.50. The lowest BCUT2D eigenvalue weighted by molar-refractivity contribution is -0.385. The van der Waals surface area contributed by atoms with Crippen LogP contribution in [-0.4, -0.2) is 47.0 Å². The molecule has 0 amide bonds. The van der Waals surface area contributed by atoms with Gasteiger partial charge in [-0.3, -0.25) is 19.3 Å². The SMILES string of the molecule is CCOc1cc(C(=O)/C=C/c2c(-c3ccc(OC)c([N+](=O)[O-])c3)nc3sc(C)cn23)cc(OCC)c1OCC. The van der Waals surface area contributed by atoms with Crippen molar-refractivity contribution in [2.45, 2.75) is 27.7 Å². The first-order valence-electron chi connectivity index (χ1n) is 12.4. The average molecular weight is 552 g/mol. The zero-order valence-corrected chi connectivity index (χ0v) is 23.2. The number of hydrogen-bond acceptors (Lipinski definition) is 9. The fraction of sp³-hybridized carbons (Fsp3) is 0.286. The highest BCUT2D eigenvalue weighted by Crippen LogP contribution is 2.40. The number of carbonyl (C=O) groups is 1. The van der Waals surface area contributed by atoms with Crippen LogP contribution in [0.1, 0.15) is 41.7 Å². The maximum atomic E-state index is 13.4. The normalized spacial score (nSPS) is 11.2. The summed E-state index contributed by atoms with van der Waals surface area (Å²) in [6.45, 7) is 8.72. The zero-order chi connectivity index (χ0) is 28.1. The first kappa shape index (κ1) is 27.6. The van der Waals surface area contributed by atoms with Crippen molar-refractivity contribution in [3.05, 3.63) is 68.9 Å². The van der Waals surface area contributed by atoms with E-state index in [0.717, 1.165) is 4.88 Å². The highest BCUT2D eigenvalue weighted by Gasteiger charge is 2.21. The lowest BCUT2D eigenvalue weighted by Gasteiger charge is -2.16. The van der Waals surface area contributed by atoms with E-state index < -0.39 is 4.92 Å². The summed E-state index contributed by atoms with van der Waals surface area (Å²) in [5.74, 6) is 1.17. The maximum Gasteiger partial charge on any atom is 0.311 e. The van der Waals surface area contributed by atoms with Gasteiger partial charge in [0.25, 0.3) is 0 Å². The van der Waals surface area contributed by atoms with Gasteiger partial charge in [0, 0.05) is 28.3 Å². The van der Waals surface area contributed by atoms with Crippen LogP contribution in [0, 0.1) is 17.0 Å². The Morgan fingerprint density at radius 2 is 1.72 bits per heavy atom. The van der Waals surface area contributed by atoms with E-state index in [9.17, 15) is 14.9 Å². The number of nitro benzene ring substituents is 1. The van der Waals surface area contributed by atoms with Gasteiger partial charge in [-0.05, 0) is 64.1 Å². The molecule has 11 heteroatoms. The monoisotopic (exact) mass is 551 g/mol. The molecule has 0 N–H and O–H groups in total. The van der Waals surface area contributed by atoms with Gasteiger partial charge in [-0.15, -0.1) is 11.3 Å². The molecule has 0 bridgehead atoms. The Balaban J connectivity index is 1.79. The van der Waals surface area contributed by atoms with Crippen LogP contribution in [0.15, 0.2) is 42.6 Å². The molecule has 0 saturated heterocycles. The molecule has 2 aromatic carbocycles. The quantitative estimate of drug-likeness (QED) is 0.0862. The van der Waals surface area contributed by atoms with Gasteiger partial charge >= 0.3 is 5.69 Å². The van der Waals surface area contributed by atoms with Crippen molar-refractivity contribution in [1.82, 2.24) is 9.38 Å². The van der Waals surface area contributed by atoms with Crippen LogP contribution in [0.2, 0.25) is 0 Å². The van der Waals surface area contributed by atoms with E-state index >= 15 is 0 Å². The minimum Gasteiger partial charge on any atom is -0.490 e. The van der Waals surface area contributed by atoms with Crippen LogP contribution >= 0.6 is 11.3 Å². The van der Waals surface area contributed by atoms with E-state index in [1.54, 1.807) is 24.3 Å². The number of nitro groups is 1. The van der Waals surface area contributed by atoms with Crippen molar-refractivity contribution in [1.29, 1.82) is 0 Å². The molecule has 2 aromatic heterocycles. The van der Waals surface area contributed by atoms with Crippen LogP contribution in [0.25, 0.3) is 22.3 Å². The molecule has 0 aliphatic rings. The topological polar surface area (TPSA) is 114 Å². The molecule has 0 atom stereocenters. The van der Waals surface area contributed by atoms with E-state index in [0.29, 0.717) is 64.5 Å². The van der Waals surface area contributed by atoms with Crippen molar-refractivity contribution < 1.29 is 28.7 Å². The predicted molar refractivity (Wildman–Crippen MR) is 150 cm³/mol. The Hall–Kier alpha value is -4.38. The third kappa shape index (κ3) is 5.73. The van der Waals surface area contributed by atoms with E-state index in [1.807, 2.05) is 38.3 Å². The summed E-state index contributed by atoms with van der Waals surface area (Å²) >= 11 is 1.48. The number of hydrogen-bond donors (Lipinski definition) is 0. The molecular weight excluding hydrogens is 522 g/mol. The second kappa shape index (κ2) is 12.0. The lowest BCUT2D eigenvalue weighted by atomic mass is 10.1. The Labute approximate surface area is 229 Å². The van der Waals surface area contributed by atoms with Crippen LogP contribution in [0.3, 0.4) is 0 Å². The number of thiazole rings is 1. The molecule has 0 unspecified atom stereocenters. The minimum absolute atomic E-state index is 0.151. The number of allylic oxidation sites excluding steroid dienone is 1. The van der Waals surface area contributed by atoms with Crippen molar-refractivity contribution in [3.63, 3.8) is 0 Å². The van der Waals surface area contributed by atoms with Gasteiger partial charge in [-0.2, -0.15) is 0 Å². The number of ketones is 1. The van der Waals surface area contributed by atoms with Crippen LogP contribution in [0.4, 0.5) is 5.69 Å². The number of imidazole rings is 1. The van der Waals surface area contributed by atoms with E-state index in [1.165, 1.54) is 36.7 Å². The molecule has 204 valence electrons. The summed E-state index contributed by atoms with van der Waals surface area (Å²) in [6, 6.07) is 7.94. The molecule has 10 nitrogen and oxygen atoms in total. The van der Waals surface area contributed by atoms with Gasteiger partial charge in [0.05, 0.1) is 43.2 Å². The molecule has 2 heterocycles. The Bertz CT molecular complexity index is 1530. The van der Waals surface area contributed by atoms with Gasteiger partial charge in [0.1, 0.15) is 0 Å². The Kier molecular flexibility index (Phi) is 8.50. The highest BCUT2D eigenvalue weighted by molar-refractivity contribution is 7.17. The van der Waals surface area contributed by atoms with Gasteiger partial charge in [0.2, 0.25) is 5.75 Å². The van der Waals surface area contributed by atoms with Crippen LogP contribution < -0.4 is 18.9 Å². The summed E-state index contributed by atoms with van der Waals surface area (Å²) < 4.78 is 24.2. The largest absolute Gasteiger partial charge is 0.490 e. The standard InChI is InChI=1S/C28H29N3O7S/c1-6-36-24-14-19(15-25(37-7-2)27(24)38-8-3)22(32)11-10-20-26(29-28-30(20)16-17(4)39-28)18-9-12-23(35-5)21(13-18)31(33)34/h9-16H,6-8H2,1-5H3/b11-10+. The first-order chi connectivity index (χ1) is 18.8. The second-order valence-electron chi connectivity index (χ2n) is 8.28. The third-order valence-electron chi connectivity index (χ3n) is 5.71. The van der Waals surface area contributed by atoms with Gasteiger partial charge < -0.3 is 18.9 Å².